The minimum atomic E-state index is -0.0740. The second-order valence-corrected chi connectivity index (χ2v) is 6.45. The normalized spacial score (nSPS) is 12.4. The standard InChI is InChI=1S/C22H19BrO/c23-21-14-11-19(12-15-21)17-24-22(20-9-5-2-6-10-20)16-13-18-7-3-1-4-8-18/h1-16,22H,17H2/b16-13+/t22-/m0/s1. The quantitative estimate of drug-likeness (QED) is 0.480. The smallest absolute Gasteiger partial charge is 0.101 e. The van der Waals surface area contributed by atoms with E-state index >= 15 is 0 Å². The first-order valence-electron chi connectivity index (χ1n) is 7.95. The molecule has 0 aliphatic heterocycles. The van der Waals surface area contributed by atoms with E-state index in [2.05, 4.69) is 64.5 Å². The first-order valence-corrected chi connectivity index (χ1v) is 8.75. The van der Waals surface area contributed by atoms with Crippen molar-refractivity contribution in [3.8, 4) is 0 Å². The molecule has 3 aromatic rings. The molecule has 0 N–H and O–H groups in total. The maximum atomic E-state index is 6.17. The van der Waals surface area contributed by atoms with Gasteiger partial charge >= 0.3 is 0 Å². The zero-order valence-corrected chi connectivity index (χ0v) is 14.9. The molecule has 0 amide bonds. The van der Waals surface area contributed by atoms with E-state index in [-0.39, 0.29) is 6.10 Å². The Balaban J connectivity index is 1.75. The fraction of sp³-hybridized carbons (Fsp3) is 0.0909. The second-order valence-electron chi connectivity index (χ2n) is 5.54. The zero-order chi connectivity index (χ0) is 16.6. The van der Waals surface area contributed by atoms with Crippen molar-refractivity contribution in [2.75, 3.05) is 0 Å². The van der Waals surface area contributed by atoms with Gasteiger partial charge in [0.15, 0.2) is 0 Å². The minimum Gasteiger partial charge on any atom is -0.365 e. The van der Waals surface area contributed by atoms with Gasteiger partial charge in [-0.2, -0.15) is 0 Å². The summed E-state index contributed by atoms with van der Waals surface area (Å²) in [6, 6.07) is 28.8. The maximum absolute atomic E-state index is 6.17. The van der Waals surface area contributed by atoms with Crippen molar-refractivity contribution in [1.29, 1.82) is 0 Å². The van der Waals surface area contributed by atoms with E-state index in [0.717, 1.165) is 15.6 Å². The van der Waals surface area contributed by atoms with E-state index in [1.807, 2.05) is 48.5 Å². The highest BCUT2D eigenvalue weighted by atomic mass is 79.9. The van der Waals surface area contributed by atoms with Gasteiger partial charge in [-0.1, -0.05) is 101 Å². The van der Waals surface area contributed by atoms with Crippen molar-refractivity contribution in [3.05, 3.63) is 112 Å². The van der Waals surface area contributed by atoms with Crippen LogP contribution in [-0.2, 0) is 11.3 Å². The van der Waals surface area contributed by atoms with Crippen molar-refractivity contribution >= 4 is 22.0 Å². The average molecular weight is 379 g/mol. The lowest BCUT2D eigenvalue weighted by Gasteiger charge is -2.15. The molecule has 0 aliphatic rings. The third-order valence-electron chi connectivity index (χ3n) is 3.73. The Morgan fingerprint density at radius 1 is 0.792 bits per heavy atom. The van der Waals surface area contributed by atoms with Gasteiger partial charge in [-0.3, -0.25) is 0 Å². The van der Waals surface area contributed by atoms with Crippen LogP contribution in [0.2, 0.25) is 0 Å². The van der Waals surface area contributed by atoms with Gasteiger partial charge < -0.3 is 4.74 Å². The van der Waals surface area contributed by atoms with Gasteiger partial charge in [0, 0.05) is 4.47 Å². The second kappa shape index (κ2) is 8.62. The fourth-order valence-corrected chi connectivity index (χ4v) is 2.70. The number of rotatable bonds is 6. The molecule has 3 aromatic carbocycles. The molecular weight excluding hydrogens is 360 g/mol. The Bertz CT molecular complexity index is 764. The third-order valence-corrected chi connectivity index (χ3v) is 4.26. The lowest BCUT2D eigenvalue weighted by atomic mass is 10.1. The molecule has 0 bridgehead atoms. The van der Waals surface area contributed by atoms with Crippen LogP contribution in [0.3, 0.4) is 0 Å². The molecule has 0 spiro atoms. The molecule has 0 fully saturated rings. The summed E-state index contributed by atoms with van der Waals surface area (Å²) in [6.45, 7) is 0.575. The molecule has 0 aromatic heterocycles. The van der Waals surface area contributed by atoms with Crippen LogP contribution < -0.4 is 0 Å². The largest absolute Gasteiger partial charge is 0.365 e. The highest BCUT2D eigenvalue weighted by Gasteiger charge is 2.08. The SMILES string of the molecule is Brc1ccc(CO[C@@H](/C=C/c2ccccc2)c2ccccc2)cc1. The number of halogens is 1. The van der Waals surface area contributed by atoms with Gasteiger partial charge in [0.2, 0.25) is 0 Å². The lowest BCUT2D eigenvalue weighted by Crippen LogP contribution is -2.02. The number of hydrogen-bond acceptors (Lipinski definition) is 1. The van der Waals surface area contributed by atoms with Crippen LogP contribution in [-0.4, -0.2) is 0 Å². The summed E-state index contributed by atoms with van der Waals surface area (Å²) >= 11 is 3.46. The first kappa shape index (κ1) is 16.7. The van der Waals surface area contributed by atoms with Gasteiger partial charge in [-0.05, 0) is 28.8 Å². The summed E-state index contributed by atoms with van der Waals surface area (Å²) in [5.41, 5.74) is 3.49. The van der Waals surface area contributed by atoms with Crippen LogP contribution in [0.25, 0.3) is 6.08 Å². The van der Waals surface area contributed by atoms with E-state index in [1.165, 1.54) is 5.56 Å². The van der Waals surface area contributed by atoms with E-state index in [9.17, 15) is 0 Å². The van der Waals surface area contributed by atoms with E-state index in [0.29, 0.717) is 6.61 Å². The number of hydrogen-bond donors (Lipinski definition) is 0. The highest BCUT2D eigenvalue weighted by Crippen LogP contribution is 2.22. The first-order chi connectivity index (χ1) is 11.8. The van der Waals surface area contributed by atoms with Crippen LogP contribution in [0.15, 0.2) is 95.5 Å². The highest BCUT2D eigenvalue weighted by molar-refractivity contribution is 9.10. The summed E-state index contributed by atoms with van der Waals surface area (Å²) < 4.78 is 7.25. The Morgan fingerprint density at radius 2 is 1.42 bits per heavy atom. The topological polar surface area (TPSA) is 9.23 Å². The summed E-state index contributed by atoms with van der Waals surface area (Å²) in [5.74, 6) is 0. The summed E-state index contributed by atoms with van der Waals surface area (Å²) in [6.07, 6.45) is 4.15. The van der Waals surface area contributed by atoms with Crippen LogP contribution in [0, 0.1) is 0 Å². The summed E-state index contributed by atoms with van der Waals surface area (Å²) in [5, 5.41) is 0. The zero-order valence-electron chi connectivity index (χ0n) is 13.3. The third kappa shape index (κ3) is 4.92. The molecule has 0 unspecified atom stereocenters. The molecule has 2 heteroatoms. The van der Waals surface area contributed by atoms with Crippen LogP contribution >= 0.6 is 15.9 Å². The summed E-state index contributed by atoms with van der Waals surface area (Å²) in [7, 11) is 0. The molecule has 0 radical (unpaired) electrons. The Kier molecular flexibility index (Phi) is 6.00. The Labute approximate surface area is 151 Å². The molecule has 0 saturated heterocycles. The Morgan fingerprint density at radius 3 is 2.08 bits per heavy atom. The molecule has 0 saturated carbocycles. The van der Waals surface area contributed by atoms with Crippen LogP contribution in [0.5, 0.6) is 0 Å². The molecule has 1 atom stereocenters. The monoisotopic (exact) mass is 378 g/mol. The van der Waals surface area contributed by atoms with Crippen molar-refractivity contribution in [2.24, 2.45) is 0 Å². The molecule has 0 heterocycles. The van der Waals surface area contributed by atoms with Crippen molar-refractivity contribution in [3.63, 3.8) is 0 Å². The molecule has 1 nitrogen and oxygen atoms in total. The predicted molar refractivity (Wildman–Crippen MR) is 104 cm³/mol. The van der Waals surface area contributed by atoms with Gasteiger partial charge in [0.25, 0.3) is 0 Å². The molecular formula is C22H19BrO. The van der Waals surface area contributed by atoms with Gasteiger partial charge in [0.1, 0.15) is 6.10 Å². The van der Waals surface area contributed by atoms with Crippen molar-refractivity contribution < 1.29 is 4.74 Å². The van der Waals surface area contributed by atoms with Crippen molar-refractivity contribution in [1.82, 2.24) is 0 Å². The Hall–Kier alpha value is -2.16. The number of ether oxygens (including phenoxy) is 1. The maximum Gasteiger partial charge on any atom is 0.101 e. The fourth-order valence-electron chi connectivity index (χ4n) is 2.43. The van der Waals surface area contributed by atoms with E-state index in [1.54, 1.807) is 0 Å². The minimum absolute atomic E-state index is 0.0740. The molecule has 0 aliphatic carbocycles. The van der Waals surface area contributed by atoms with Gasteiger partial charge in [0.05, 0.1) is 6.61 Å². The summed E-state index contributed by atoms with van der Waals surface area (Å²) in [4.78, 5) is 0. The number of benzene rings is 3. The van der Waals surface area contributed by atoms with Gasteiger partial charge in [-0.15, -0.1) is 0 Å². The van der Waals surface area contributed by atoms with E-state index < -0.39 is 0 Å². The molecule has 24 heavy (non-hydrogen) atoms. The van der Waals surface area contributed by atoms with Crippen molar-refractivity contribution in [2.45, 2.75) is 12.7 Å². The van der Waals surface area contributed by atoms with Crippen LogP contribution in [0.1, 0.15) is 22.8 Å². The molecule has 120 valence electrons. The average Bonchev–Trinajstić information content (AvgIpc) is 2.65. The van der Waals surface area contributed by atoms with E-state index in [4.69, 9.17) is 4.74 Å². The van der Waals surface area contributed by atoms with Crippen LogP contribution in [0.4, 0.5) is 0 Å². The molecule has 3 rings (SSSR count). The predicted octanol–water partition coefficient (Wildman–Crippen LogP) is 6.42. The lowest BCUT2D eigenvalue weighted by molar-refractivity contribution is 0.0723. The van der Waals surface area contributed by atoms with Gasteiger partial charge in [-0.25, -0.2) is 0 Å².